The number of nitrogens with zero attached hydrogens (tertiary/aromatic N) is 3. The van der Waals surface area contributed by atoms with Gasteiger partial charge in [-0.25, -0.2) is 0 Å². The number of thioether (sulfide) groups is 1. The van der Waals surface area contributed by atoms with Gasteiger partial charge in [-0.2, -0.15) is 0 Å². The van der Waals surface area contributed by atoms with Crippen molar-refractivity contribution >= 4 is 34.1 Å². The first-order chi connectivity index (χ1) is 9.70. The van der Waals surface area contributed by atoms with Gasteiger partial charge < -0.3 is 10.2 Å². The lowest BCUT2D eigenvalue weighted by Crippen LogP contribution is -2.42. The second kappa shape index (κ2) is 7.64. The lowest BCUT2D eigenvalue weighted by atomic mass is 10.0. The largest absolute Gasteiger partial charge is 0.357 e. The van der Waals surface area contributed by atoms with Crippen molar-refractivity contribution in [3.8, 4) is 0 Å². The Morgan fingerprint density at radius 2 is 2.45 bits per heavy atom. The molecule has 1 atom stereocenters. The number of carbonyl (C=O) groups excluding carboxylic acids is 1. The highest BCUT2D eigenvalue weighted by atomic mass is 32.2. The van der Waals surface area contributed by atoms with Gasteiger partial charge in [-0.05, 0) is 26.2 Å². The molecule has 1 aliphatic rings. The fourth-order valence-electron chi connectivity index (χ4n) is 2.17. The van der Waals surface area contributed by atoms with Crippen LogP contribution in [0, 0.1) is 0 Å². The Labute approximate surface area is 127 Å². The molecule has 1 fully saturated rings. The lowest BCUT2D eigenvalue weighted by Gasteiger charge is -2.33. The van der Waals surface area contributed by atoms with Crippen LogP contribution in [0.3, 0.4) is 0 Å². The summed E-state index contributed by atoms with van der Waals surface area (Å²) in [4.78, 5) is 14.2. The normalized spacial score (nSPS) is 18.9. The molecule has 1 aliphatic heterocycles. The zero-order valence-electron chi connectivity index (χ0n) is 11.7. The summed E-state index contributed by atoms with van der Waals surface area (Å²) < 4.78 is 0.828. The molecule has 1 aromatic rings. The topological polar surface area (TPSA) is 58.1 Å². The minimum absolute atomic E-state index is 0.206. The third kappa shape index (κ3) is 4.21. The molecule has 7 heteroatoms. The van der Waals surface area contributed by atoms with Crippen LogP contribution in [0.4, 0.5) is 5.13 Å². The molecule has 1 amide bonds. The molecular weight excluding hydrogens is 292 g/mol. The highest BCUT2D eigenvalue weighted by molar-refractivity contribution is 8.01. The lowest BCUT2D eigenvalue weighted by molar-refractivity contribution is -0.131. The van der Waals surface area contributed by atoms with Crippen molar-refractivity contribution in [2.75, 3.05) is 24.2 Å². The minimum Gasteiger partial charge on any atom is -0.357 e. The molecular formula is C13H20N4OS2. The van der Waals surface area contributed by atoms with E-state index in [0.717, 1.165) is 28.9 Å². The Hall–Kier alpha value is -1.08. The van der Waals surface area contributed by atoms with Gasteiger partial charge in [-0.15, -0.1) is 16.8 Å². The van der Waals surface area contributed by atoms with Crippen LogP contribution < -0.4 is 5.32 Å². The van der Waals surface area contributed by atoms with Gasteiger partial charge in [0.15, 0.2) is 4.34 Å². The molecule has 20 heavy (non-hydrogen) atoms. The summed E-state index contributed by atoms with van der Waals surface area (Å²) in [7, 11) is 0. The van der Waals surface area contributed by atoms with Gasteiger partial charge >= 0.3 is 0 Å². The van der Waals surface area contributed by atoms with E-state index in [2.05, 4.69) is 29.0 Å². The number of hydrogen-bond donors (Lipinski definition) is 1. The first kappa shape index (κ1) is 15.3. The van der Waals surface area contributed by atoms with Crippen molar-refractivity contribution < 1.29 is 4.79 Å². The Morgan fingerprint density at radius 1 is 1.60 bits per heavy atom. The van der Waals surface area contributed by atoms with Crippen LogP contribution in [0.25, 0.3) is 0 Å². The molecule has 1 aromatic heterocycles. The average molecular weight is 312 g/mol. The van der Waals surface area contributed by atoms with E-state index in [0.29, 0.717) is 18.3 Å². The molecule has 1 saturated heterocycles. The maximum absolute atomic E-state index is 12.2. The molecule has 1 unspecified atom stereocenters. The molecule has 5 nitrogen and oxygen atoms in total. The molecule has 1 N–H and O–H groups in total. The SMILES string of the molecule is C=CCNc1nnc(SCC(=O)N2CCCCC2C)s1. The van der Waals surface area contributed by atoms with Crippen LogP contribution in [0.2, 0.25) is 0 Å². The third-order valence-electron chi connectivity index (χ3n) is 3.25. The monoisotopic (exact) mass is 312 g/mol. The van der Waals surface area contributed by atoms with E-state index in [1.807, 2.05) is 4.90 Å². The van der Waals surface area contributed by atoms with Crippen molar-refractivity contribution in [3.63, 3.8) is 0 Å². The highest BCUT2D eigenvalue weighted by Gasteiger charge is 2.23. The van der Waals surface area contributed by atoms with E-state index in [4.69, 9.17) is 0 Å². The number of anilines is 1. The minimum atomic E-state index is 0.206. The molecule has 0 saturated carbocycles. The summed E-state index contributed by atoms with van der Waals surface area (Å²) in [6.45, 7) is 7.33. The summed E-state index contributed by atoms with van der Waals surface area (Å²) in [6.07, 6.45) is 5.24. The van der Waals surface area contributed by atoms with Gasteiger partial charge in [0.2, 0.25) is 11.0 Å². The van der Waals surface area contributed by atoms with Gasteiger partial charge in [0.05, 0.1) is 5.75 Å². The van der Waals surface area contributed by atoms with E-state index >= 15 is 0 Å². The molecule has 0 spiro atoms. The van der Waals surface area contributed by atoms with E-state index in [1.165, 1.54) is 29.5 Å². The Bertz CT molecular complexity index is 463. The fourth-order valence-corrected chi connectivity index (χ4v) is 3.82. The number of piperidine rings is 1. The Kier molecular flexibility index (Phi) is 5.85. The van der Waals surface area contributed by atoms with Crippen LogP contribution in [-0.2, 0) is 4.79 Å². The molecule has 110 valence electrons. The quantitative estimate of drug-likeness (QED) is 0.646. The van der Waals surface area contributed by atoms with Crippen LogP contribution in [0.15, 0.2) is 17.0 Å². The van der Waals surface area contributed by atoms with E-state index in [-0.39, 0.29) is 5.91 Å². The maximum atomic E-state index is 12.2. The number of nitrogens with one attached hydrogen (secondary N) is 1. The molecule has 0 aliphatic carbocycles. The summed E-state index contributed by atoms with van der Waals surface area (Å²) >= 11 is 2.94. The molecule has 0 aromatic carbocycles. The second-order valence-electron chi connectivity index (χ2n) is 4.76. The maximum Gasteiger partial charge on any atom is 0.233 e. The summed E-state index contributed by atoms with van der Waals surface area (Å²) in [5, 5.41) is 12.0. The first-order valence-corrected chi connectivity index (χ1v) is 8.61. The number of likely N-dealkylation sites (tertiary alicyclic amines) is 1. The molecule has 0 radical (unpaired) electrons. The number of rotatable bonds is 6. The van der Waals surface area contributed by atoms with Gasteiger partial charge in [0.25, 0.3) is 0 Å². The molecule has 0 bridgehead atoms. The number of aromatic nitrogens is 2. The predicted octanol–water partition coefficient (Wildman–Crippen LogP) is 2.63. The number of amides is 1. The Morgan fingerprint density at radius 3 is 3.20 bits per heavy atom. The number of carbonyl (C=O) groups is 1. The molecule has 2 rings (SSSR count). The average Bonchev–Trinajstić information content (AvgIpc) is 2.91. The van der Waals surface area contributed by atoms with Gasteiger partial charge in [-0.3, -0.25) is 4.79 Å². The van der Waals surface area contributed by atoms with Gasteiger partial charge in [0.1, 0.15) is 0 Å². The van der Waals surface area contributed by atoms with Crippen molar-refractivity contribution in [1.82, 2.24) is 15.1 Å². The zero-order chi connectivity index (χ0) is 14.4. The van der Waals surface area contributed by atoms with Crippen LogP contribution >= 0.6 is 23.1 Å². The first-order valence-electron chi connectivity index (χ1n) is 6.81. The van der Waals surface area contributed by atoms with Gasteiger partial charge in [-0.1, -0.05) is 29.2 Å². The van der Waals surface area contributed by atoms with Crippen LogP contribution in [0.5, 0.6) is 0 Å². The smallest absolute Gasteiger partial charge is 0.233 e. The fraction of sp³-hybridized carbons (Fsp3) is 0.615. The van der Waals surface area contributed by atoms with Crippen molar-refractivity contribution in [3.05, 3.63) is 12.7 Å². The Balaban J connectivity index is 1.80. The summed E-state index contributed by atoms with van der Waals surface area (Å²) in [5.41, 5.74) is 0. The van der Waals surface area contributed by atoms with Crippen LogP contribution in [0.1, 0.15) is 26.2 Å². The van der Waals surface area contributed by atoms with Crippen molar-refractivity contribution in [2.24, 2.45) is 0 Å². The summed E-state index contributed by atoms with van der Waals surface area (Å²) in [6, 6.07) is 0.371. The third-order valence-corrected chi connectivity index (χ3v) is 5.25. The van der Waals surface area contributed by atoms with E-state index in [9.17, 15) is 4.79 Å². The zero-order valence-corrected chi connectivity index (χ0v) is 13.3. The van der Waals surface area contributed by atoms with E-state index < -0.39 is 0 Å². The van der Waals surface area contributed by atoms with Crippen molar-refractivity contribution in [2.45, 2.75) is 36.6 Å². The van der Waals surface area contributed by atoms with Crippen LogP contribution in [-0.4, -0.2) is 45.9 Å². The van der Waals surface area contributed by atoms with E-state index in [1.54, 1.807) is 6.08 Å². The number of hydrogen-bond acceptors (Lipinski definition) is 6. The summed E-state index contributed by atoms with van der Waals surface area (Å²) in [5.74, 6) is 0.651. The highest BCUT2D eigenvalue weighted by Crippen LogP contribution is 2.26. The van der Waals surface area contributed by atoms with Crippen molar-refractivity contribution in [1.29, 1.82) is 0 Å². The van der Waals surface area contributed by atoms with Gasteiger partial charge in [0, 0.05) is 19.1 Å². The second-order valence-corrected chi connectivity index (χ2v) is 6.96. The molecule has 2 heterocycles. The predicted molar refractivity (Wildman–Crippen MR) is 84.3 cm³/mol. The standard InChI is InChI=1S/C13H20N4OS2/c1-3-7-14-12-15-16-13(20-12)19-9-11(18)17-8-5-4-6-10(17)2/h3,10H,1,4-9H2,2H3,(H,14,15).